The zero-order valence-electron chi connectivity index (χ0n) is 8.20. The summed E-state index contributed by atoms with van der Waals surface area (Å²) in [5.74, 6) is -0.256. The van der Waals surface area contributed by atoms with E-state index in [9.17, 15) is 4.39 Å². The molecule has 1 aromatic heterocycles. The minimum atomic E-state index is -0.256. The van der Waals surface area contributed by atoms with Gasteiger partial charge in [-0.3, -0.25) is 0 Å². The average molecular weight is 223 g/mol. The van der Waals surface area contributed by atoms with E-state index in [4.69, 9.17) is 5.11 Å². The van der Waals surface area contributed by atoms with Gasteiger partial charge in [0.25, 0.3) is 0 Å². The van der Waals surface area contributed by atoms with Crippen molar-refractivity contribution < 1.29 is 9.50 Å². The molecule has 0 aliphatic rings. The normalized spacial score (nSPS) is 10.6. The Kier molecular flexibility index (Phi) is 2.79. The molecule has 2 nitrogen and oxygen atoms in total. The first-order chi connectivity index (χ1) is 7.20. The monoisotopic (exact) mass is 223 g/mol. The molecule has 2 rings (SSSR count). The summed E-state index contributed by atoms with van der Waals surface area (Å²) in [5, 5.41) is 9.64. The Labute approximate surface area is 91.0 Å². The summed E-state index contributed by atoms with van der Waals surface area (Å²) in [6.07, 6.45) is 0. The Hall–Kier alpha value is -1.26. The first-order valence-corrected chi connectivity index (χ1v) is 5.35. The van der Waals surface area contributed by atoms with Crippen molar-refractivity contribution in [3.8, 4) is 11.3 Å². The van der Waals surface area contributed by atoms with Crippen LogP contribution in [0.25, 0.3) is 11.3 Å². The van der Waals surface area contributed by atoms with Gasteiger partial charge in [0, 0.05) is 10.4 Å². The molecule has 1 N–H and O–H groups in total. The highest BCUT2D eigenvalue weighted by Crippen LogP contribution is 2.27. The van der Waals surface area contributed by atoms with Gasteiger partial charge in [-0.05, 0) is 31.2 Å². The van der Waals surface area contributed by atoms with Crippen molar-refractivity contribution in [2.75, 3.05) is 0 Å². The number of aromatic nitrogens is 1. The number of halogens is 1. The fraction of sp³-hybridized carbons (Fsp3) is 0.182. The molecule has 0 atom stereocenters. The number of nitrogens with zero attached hydrogens (tertiary/aromatic N) is 1. The van der Waals surface area contributed by atoms with Crippen molar-refractivity contribution in [2.45, 2.75) is 13.5 Å². The van der Waals surface area contributed by atoms with Gasteiger partial charge in [-0.15, -0.1) is 11.3 Å². The maximum absolute atomic E-state index is 12.7. The van der Waals surface area contributed by atoms with E-state index in [0.29, 0.717) is 5.01 Å². The number of aliphatic hydroxyl groups excluding tert-OH is 1. The highest BCUT2D eigenvalue weighted by molar-refractivity contribution is 7.12. The minimum Gasteiger partial charge on any atom is -0.389 e. The van der Waals surface area contributed by atoms with Gasteiger partial charge in [-0.1, -0.05) is 0 Å². The standard InChI is InChI=1S/C11H10FNOS/c1-7-11(13-10(6-14)15-7)8-2-4-9(12)5-3-8/h2-5,14H,6H2,1H3. The van der Waals surface area contributed by atoms with Crippen LogP contribution in [0.5, 0.6) is 0 Å². The third-order valence-electron chi connectivity index (χ3n) is 2.09. The number of hydrogen-bond acceptors (Lipinski definition) is 3. The van der Waals surface area contributed by atoms with Crippen LogP contribution >= 0.6 is 11.3 Å². The van der Waals surface area contributed by atoms with E-state index >= 15 is 0 Å². The van der Waals surface area contributed by atoms with E-state index in [-0.39, 0.29) is 12.4 Å². The molecule has 1 heterocycles. The van der Waals surface area contributed by atoms with Crippen molar-refractivity contribution in [1.29, 1.82) is 0 Å². The van der Waals surface area contributed by atoms with Crippen molar-refractivity contribution in [2.24, 2.45) is 0 Å². The lowest BCUT2D eigenvalue weighted by atomic mass is 10.1. The van der Waals surface area contributed by atoms with E-state index in [2.05, 4.69) is 4.98 Å². The summed E-state index contributed by atoms with van der Waals surface area (Å²) < 4.78 is 12.7. The van der Waals surface area contributed by atoms with Crippen molar-refractivity contribution in [3.05, 3.63) is 40.0 Å². The molecule has 0 unspecified atom stereocenters. The summed E-state index contributed by atoms with van der Waals surface area (Å²) in [7, 11) is 0. The van der Waals surface area contributed by atoms with Gasteiger partial charge in [-0.2, -0.15) is 0 Å². The molecule has 1 aromatic carbocycles. The molecule has 0 fully saturated rings. The van der Waals surface area contributed by atoms with E-state index in [1.54, 1.807) is 12.1 Å². The number of benzene rings is 1. The van der Waals surface area contributed by atoms with Gasteiger partial charge in [0.15, 0.2) is 0 Å². The second kappa shape index (κ2) is 4.08. The first-order valence-electron chi connectivity index (χ1n) is 4.54. The van der Waals surface area contributed by atoms with Crippen LogP contribution in [0.15, 0.2) is 24.3 Å². The van der Waals surface area contributed by atoms with Crippen molar-refractivity contribution in [1.82, 2.24) is 4.98 Å². The predicted molar refractivity (Wildman–Crippen MR) is 58.2 cm³/mol. The molecule has 0 bridgehead atoms. The Morgan fingerprint density at radius 3 is 2.53 bits per heavy atom. The number of thiazole rings is 1. The summed E-state index contributed by atoms with van der Waals surface area (Å²) in [5.41, 5.74) is 1.70. The maximum atomic E-state index is 12.7. The Bertz CT molecular complexity index is 464. The van der Waals surface area contributed by atoms with Crippen molar-refractivity contribution >= 4 is 11.3 Å². The molecule has 0 saturated heterocycles. The lowest BCUT2D eigenvalue weighted by Crippen LogP contribution is -1.83. The summed E-state index contributed by atoms with van der Waals surface area (Å²) in [6.45, 7) is 1.89. The Morgan fingerprint density at radius 2 is 2.00 bits per heavy atom. The van der Waals surface area contributed by atoms with Crippen LogP contribution < -0.4 is 0 Å². The Morgan fingerprint density at radius 1 is 1.33 bits per heavy atom. The van der Waals surface area contributed by atoms with E-state index in [1.807, 2.05) is 6.92 Å². The summed E-state index contributed by atoms with van der Waals surface area (Å²) in [6, 6.07) is 6.20. The molecular formula is C11H10FNOS. The quantitative estimate of drug-likeness (QED) is 0.849. The molecule has 2 aromatic rings. The van der Waals surface area contributed by atoms with Gasteiger partial charge in [0.2, 0.25) is 0 Å². The molecule has 4 heteroatoms. The lowest BCUT2D eigenvalue weighted by Gasteiger charge is -1.97. The molecule has 78 valence electrons. The molecule has 15 heavy (non-hydrogen) atoms. The topological polar surface area (TPSA) is 33.1 Å². The van der Waals surface area contributed by atoms with Gasteiger partial charge in [-0.25, -0.2) is 9.37 Å². The molecule has 0 aliphatic heterocycles. The minimum absolute atomic E-state index is 0.0489. The van der Waals surface area contributed by atoms with Crippen molar-refractivity contribution in [3.63, 3.8) is 0 Å². The van der Waals surface area contributed by atoms with Gasteiger partial charge in [0.05, 0.1) is 12.3 Å². The smallest absolute Gasteiger partial charge is 0.123 e. The predicted octanol–water partition coefficient (Wildman–Crippen LogP) is 2.75. The molecule has 0 saturated carbocycles. The largest absolute Gasteiger partial charge is 0.389 e. The highest BCUT2D eigenvalue weighted by Gasteiger charge is 2.08. The fourth-order valence-corrected chi connectivity index (χ4v) is 2.21. The van der Waals surface area contributed by atoms with Gasteiger partial charge >= 0.3 is 0 Å². The fourth-order valence-electron chi connectivity index (χ4n) is 1.39. The van der Waals surface area contributed by atoms with Crippen LogP contribution in [0.2, 0.25) is 0 Å². The number of rotatable bonds is 2. The van der Waals surface area contributed by atoms with Crippen LogP contribution in [0.3, 0.4) is 0 Å². The van der Waals surface area contributed by atoms with Gasteiger partial charge < -0.3 is 5.11 Å². The SMILES string of the molecule is Cc1sc(CO)nc1-c1ccc(F)cc1. The third-order valence-corrected chi connectivity index (χ3v) is 3.05. The van der Waals surface area contributed by atoms with E-state index in [0.717, 1.165) is 16.1 Å². The first kappa shape index (κ1) is 10.3. The molecule has 0 amide bonds. The third kappa shape index (κ3) is 2.06. The maximum Gasteiger partial charge on any atom is 0.123 e. The molecular weight excluding hydrogens is 213 g/mol. The molecule has 0 aliphatic carbocycles. The van der Waals surface area contributed by atoms with Crippen LogP contribution in [-0.2, 0) is 6.61 Å². The van der Waals surface area contributed by atoms with Crippen LogP contribution in [0.4, 0.5) is 4.39 Å². The van der Waals surface area contributed by atoms with Crippen LogP contribution in [-0.4, -0.2) is 10.1 Å². The number of aryl methyl sites for hydroxylation is 1. The van der Waals surface area contributed by atoms with Crippen LogP contribution in [0.1, 0.15) is 9.88 Å². The van der Waals surface area contributed by atoms with E-state index < -0.39 is 0 Å². The second-order valence-electron chi connectivity index (χ2n) is 3.18. The zero-order valence-corrected chi connectivity index (χ0v) is 9.01. The lowest BCUT2D eigenvalue weighted by molar-refractivity contribution is 0.281. The van der Waals surface area contributed by atoms with Crippen LogP contribution in [0, 0.1) is 12.7 Å². The number of aliphatic hydroxyl groups is 1. The van der Waals surface area contributed by atoms with Gasteiger partial charge in [0.1, 0.15) is 10.8 Å². The molecule has 0 spiro atoms. The van der Waals surface area contributed by atoms with E-state index in [1.165, 1.54) is 23.5 Å². The molecule has 0 radical (unpaired) electrons. The zero-order chi connectivity index (χ0) is 10.8. The highest BCUT2D eigenvalue weighted by atomic mass is 32.1. The second-order valence-corrected chi connectivity index (χ2v) is 4.47. The number of hydrogen-bond donors (Lipinski definition) is 1. The summed E-state index contributed by atoms with van der Waals surface area (Å²) >= 11 is 1.46. The summed E-state index contributed by atoms with van der Waals surface area (Å²) in [4.78, 5) is 5.31. The average Bonchev–Trinajstić information content (AvgIpc) is 2.61. The Balaban J connectivity index is 2.44.